The number of piperazine rings is 1. The molecule has 0 unspecified atom stereocenters. The first-order valence-electron chi connectivity index (χ1n) is 6.40. The number of nitrogens with one attached hydrogen (secondary N) is 1. The zero-order valence-electron chi connectivity index (χ0n) is 11.2. The summed E-state index contributed by atoms with van der Waals surface area (Å²) in [6.07, 6.45) is -4.66. The van der Waals surface area contributed by atoms with Crippen LogP contribution in [-0.2, 0) is 0 Å². The minimum atomic E-state index is -4.66. The van der Waals surface area contributed by atoms with Gasteiger partial charge in [-0.25, -0.2) is 0 Å². The molecular weight excluding hydrogens is 371 g/mol. The molecule has 0 aromatic heterocycles. The Hall–Kier alpha value is -1.39. The van der Waals surface area contributed by atoms with Crippen LogP contribution < -0.4 is 5.32 Å². The smallest absolute Gasteiger partial charge is 0.408 e. The molecule has 6 nitrogen and oxygen atoms in total. The summed E-state index contributed by atoms with van der Waals surface area (Å²) in [5, 5.41) is 23.8. The first-order valence-corrected chi connectivity index (χ1v) is 7.19. The van der Waals surface area contributed by atoms with Gasteiger partial charge in [0.15, 0.2) is 0 Å². The molecule has 2 N–H and O–H groups in total. The number of non-ortho nitro benzene ring substituents is 1. The Balaban J connectivity index is 2.53. The fourth-order valence-electron chi connectivity index (χ4n) is 2.44. The summed E-state index contributed by atoms with van der Waals surface area (Å²) in [5.41, 5.74) is -1.03. The van der Waals surface area contributed by atoms with Crippen molar-refractivity contribution >= 4 is 21.6 Å². The van der Waals surface area contributed by atoms with Gasteiger partial charge in [0.1, 0.15) is 11.8 Å². The molecule has 0 spiro atoms. The second kappa shape index (κ2) is 6.39. The van der Waals surface area contributed by atoms with Crippen LogP contribution in [0.3, 0.4) is 0 Å². The van der Waals surface area contributed by atoms with Gasteiger partial charge in [-0.2, -0.15) is 13.2 Å². The predicted octanol–water partition coefficient (Wildman–Crippen LogP) is 2.57. The van der Waals surface area contributed by atoms with Crippen LogP contribution in [0.1, 0.15) is 11.6 Å². The molecule has 1 saturated heterocycles. The zero-order chi connectivity index (χ0) is 16.5. The maximum absolute atomic E-state index is 13.5. The second-order valence-electron chi connectivity index (χ2n) is 4.85. The van der Waals surface area contributed by atoms with E-state index >= 15 is 0 Å². The van der Waals surface area contributed by atoms with E-state index in [-0.39, 0.29) is 17.6 Å². The molecule has 122 valence electrons. The van der Waals surface area contributed by atoms with Crippen molar-refractivity contribution in [3.8, 4) is 5.75 Å². The largest absolute Gasteiger partial charge is 0.506 e. The zero-order valence-corrected chi connectivity index (χ0v) is 12.8. The number of aromatic hydroxyl groups is 1. The van der Waals surface area contributed by atoms with Crippen LogP contribution in [0, 0.1) is 10.1 Å². The molecule has 1 aromatic rings. The number of phenolic OH excluding ortho intramolecular Hbond substituents is 1. The highest BCUT2D eigenvalue weighted by Gasteiger charge is 2.47. The molecule has 0 saturated carbocycles. The van der Waals surface area contributed by atoms with Crippen LogP contribution in [0.4, 0.5) is 18.9 Å². The van der Waals surface area contributed by atoms with Crippen LogP contribution in [0.2, 0.25) is 0 Å². The minimum absolute atomic E-state index is 0.129. The van der Waals surface area contributed by atoms with E-state index in [1.807, 2.05) is 0 Å². The number of nitro groups is 1. The van der Waals surface area contributed by atoms with E-state index in [0.717, 1.165) is 17.0 Å². The summed E-state index contributed by atoms with van der Waals surface area (Å²) >= 11 is 2.87. The molecule has 0 bridgehead atoms. The van der Waals surface area contributed by atoms with Crippen LogP contribution >= 0.6 is 15.9 Å². The van der Waals surface area contributed by atoms with Crippen molar-refractivity contribution in [1.29, 1.82) is 0 Å². The van der Waals surface area contributed by atoms with Crippen molar-refractivity contribution in [3.63, 3.8) is 0 Å². The van der Waals surface area contributed by atoms with Gasteiger partial charge in [-0.05, 0) is 15.9 Å². The molecular formula is C12H13BrF3N3O3. The van der Waals surface area contributed by atoms with Crippen molar-refractivity contribution in [2.45, 2.75) is 12.2 Å². The van der Waals surface area contributed by atoms with Gasteiger partial charge in [-0.3, -0.25) is 15.0 Å². The predicted molar refractivity (Wildman–Crippen MR) is 75.7 cm³/mol. The molecule has 1 heterocycles. The van der Waals surface area contributed by atoms with Crippen molar-refractivity contribution in [1.82, 2.24) is 10.2 Å². The number of halogens is 4. The Morgan fingerprint density at radius 3 is 2.45 bits per heavy atom. The number of rotatable bonds is 3. The number of hydrogen-bond donors (Lipinski definition) is 2. The Kier molecular flexibility index (Phi) is 4.93. The van der Waals surface area contributed by atoms with E-state index in [1.54, 1.807) is 0 Å². The normalized spacial score (nSPS) is 18.2. The van der Waals surface area contributed by atoms with Gasteiger partial charge >= 0.3 is 6.18 Å². The van der Waals surface area contributed by atoms with E-state index in [9.17, 15) is 28.4 Å². The summed E-state index contributed by atoms with van der Waals surface area (Å²) in [6.45, 7) is 1.01. The maximum Gasteiger partial charge on any atom is 0.408 e. The fourth-order valence-corrected chi connectivity index (χ4v) is 2.90. The second-order valence-corrected chi connectivity index (χ2v) is 5.71. The van der Waals surface area contributed by atoms with Gasteiger partial charge < -0.3 is 10.4 Å². The molecule has 10 heteroatoms. The Morgan fingerprint density at radius 1 is 1.36 bits per heavy atom. The summed E-state index contributed by atoms with van der Waals surface area (Å²) in [4.78, 5) is 11.2. The van der Waals surface area contributed by atoms with Gasteiger partial charge in [-0.1, -0.05) is 0 Å². The van der Waals surface area contributed by atoms with E-state index in [0.29, 0.717) is 13.1 Å². The number of alkyl halides is 3. The van der Waals surface area contributed by atoms with Gasteiger partial charge in [0, 0.05) is 43.9 Å². The molecule has 2 rings (SSSR count). The Morgan fingerprint density at radius 2 is 1.95 bits per heavy atom. The first-order chi connectivity index (χ1) is 10.2. The molecule has 0 radical (unpaired) electrons. The van der Waals surface area contributed by atoms with E-state index in [2.05, 4.69) is 21.2 Å². The standard InChI is InChI=1S/C12H13BrF3N3O3/c13-9-6-7(19(21)22)5-8(10(9)20)11(12(14,15)16)18-3-1-17-2-4-18/h5-6,11,17,20H,1-4H2/t11-/m0/s1. The summed E-state index contributed by atoms with van der Waals surface area (Å²) in [5.74, 6) is -0.633. The summed E-state index contributed by atoms with van der Waals surface area (Å²) < 4.78 is 40.3. The van der Waals surface area contributed by atoms with Gasteiger partial charge in [0.05, 0.1) is 9.40 Å². The Labute approximate surface area is 132 Å². The van der Waals surface area contributed by atoms with Gasteiger partial charge in [-0.15, -0.1) is 0 Å². The maximum atomic E-state index is 13.5. The van der Waals surface area contributed by atoms with Crippen molar-refractivity contribution in [2.75, 3.05) is 26.2 Å². The lowest BCUT2D eigenvalue weighted by Gasteiger charge is -2.36. The first kappa shape index (κ1) is 17.0. The summed E-state index contributed by atoms with van der Waals surface area (Å²) in [7, 11) is 0. The molecule has 1 fully saturated rings. The average Bonchev–Trinajstić information content (AvgIpc) is 2.43. The number of phenols is 1. The quantitative estimate of drug-likeness (QED) is 0.619. The Bertz CT molecular complexity index is 577. The highest BCUT2D eigenvalue weighted by atomic mass is 79.9. The third kappa shape index (κ3) is 3.50. The van der Waals surface area contributed by atoms with Crippen LogP contribution in [0.5, 0.6) is 5.75 Å². The van der Waals surface area contributed by atoms with Gasteiger partial charge in [0.25, 0.3) is 5.69 Å². The van der Waals surface area contributed by atoms with Crippen molar-refractivity contribution < 1.29 is 23.2 Å². The number of benzene rings is 1. The average molecular weight is 384 g/mol. The third-order valence-corrected chi connectivity index (χ3v) is 4.01. The highest BCUT2D eigenvalue weighted by molar-refractivity contribution is 9.10. The number of hydrogen-bond acceptors (Lipinski definition) is 5. The van der Waals surface area contributed by atoms with Crippen LogP contribution in [0.25, 0.3) is 0 Å². The van der Waals surface area contributed by atoms with Crippen LogP contribution in [0.15, 0.2) is 16.6 Å². The SMILES string of the molecule is O=[N+]([O-])c1cc(Br)c(O)c([C@H](N2CCNCC2)C(F)(F)F)c1. The molecule has 1 atom stereocenters. The molecule has 1 aliphatic heterocycles. The third-order valence-electron chi connectivity index (χ3n) is 3.41. The summed E-state index contributed by atoms with van der Waals surface area (Å²) in [6, 6.07) is -0.338. The minimum Gasteiger partial charge on any atom is -0.506 e. The highest BCUT2D eigenvalue weighted by Crippen LogP contribution is 2.45. The lowest BCUT2D eigenvalue weighted by Crippen LogP contribution is -2.49. The topological polar surface area (TPSA) is 78.6 Å². The number of nitro benzene ring substituents is 1. The monoisotopic (exact) mass is 383 g/mol. The lowest BCUT2D eigenvalue weighted by atomic mass is 10.0. The molecule has 1 aromatic carbocycles. The molecule has 0 amide bonds. The van der Waals surface area contributed by atoms with Gasteiger partial charge in [0.2, 0.25) is 0 Å². The van der Waals surface area contributed by atoms with Crippen molar-refractivity contribution in [3.05, 3.63) is 32.3 Å². The molecule has 1 aliphatic rings. The number of nitrogens with zero attached hydrogens (tertiary/aromatic N) is 2. The molecule has 22 heavy (non-hydrogen) atoms. The lowest BCUT2D eigenvalue weighted by molar-refractivity contribution is -0.385. The molecule has 0 aliphatic carbocycles. The fraction of sp³-hybridized carbons (Fsp3) is 0.500. The van der Waals surface area contributed by atoms with E-state index in [1.165, 1.54) is 0 Å². The van der Waals surface area contributed by atoms with Crippen molar-refractivity contribution in [2.24, 2.45) is 0 Å². The van der Waals surface area contributed by atoms with E-state index < -0.39 is 34.1 Å². The van der Waals surface area contributed by atoms with E-state index in [4.69, 9.17) is 0 Å². The van der Waals surface area contributed by atoms with Crippen LogP contribution in [-0.4, -0.2) is 47.3 Å².